The van der Waals surface area contributed by atoms with Crippen LogP contribution >= 0.6 is 11.3 Å². The van der Waals surface area contributed by atoms with E-state index in [2.05, 4.69) is 39.9 Å². The third kappa shape index (κ3) is 3.86. The van der Waals surface area contributed by atoms with Gasteiger partial charge in [-0.2, -0.15) is 11.3 Å². The van der Waals surface area contributed by atoms with E-state index < -0.39 is 10.0 Å². The Morgan fingerprint density at radius 2 is 1.96 bits per heavy atom. The summed E-state index contributed by atoms with van der Waals surface area (Å²) in [4.78, 5) is 2.27. The molecule has 1 saturated heterocycles. The van der Waals surface area contributed by atoms with Crippen molar-refractivity contribution in [3.05, 3.63) is 46.9 Å². The quantitative estimate of drug-likeness (QED) is 0.683. The van der Waals surface area contributed by atoms with Crippen molar-refractivity contribution in [1.82, 2.24) is 9.21 Å². The number of rotatable bonds is 4. The highest BCUT2D eigenvalue weighted by Gasteiger charge is 2.22. The predicted molar refractivity (Wildman–Crippen MR) is 106 cm³/mol. The number of nitrogens with zero attached hydrogens (tertiary/aromatic N) is 2. The molecule has 138 valence electrons. The van der Waals surface area contributed by atoms with Gasteiger partial charge < -0.3 is 4.42 Å². The minimum atomic E-state index is -3.11. The molecule has 0 bridgehead atoms. The van der Waals surface area contributed by atoms with Gasteiger partial charge in [0, 0.05) is 25.0 Å². The molecule has 0 spiro atoms. The molecule has 0 atom stereocenters. The van der Waals surface area contributed by atoms with Crippen LogP contribution in [-0.4, -0.2) is 50.1 Å². The maximum atomic E-state index is 11.7. The molecule has 1 aliphatic heterocycles. The number of benzene rings is 1. The van der Waals surface area contributed by atoms with Gasteiger partial charge >= 0.3 is 0 Å². The fraction of sp³-hybridized carbons (Fsp3) is 0.368. The van der Waals surface area contributed by atoms with Crippen molar-refractivity contribution in [2.24, 2.45) is 0 Å². The van der Waals surface area contributed by atoms with Crippen LogP contribution < -0.4 is 0 Å². The van der Waals surface area contributed by atoms with Gasteiger partial charge in [0.2, 0.25) is 10.0 Å². The molecule has 1 aliphatic rings. The molecule has 5 nitrogen and oxygen atoms in total. The van der Waals surface area contributed by atoms with Gasteiger partial charge in [-0.05, 0) is 59.1 Å². The second-order valence-electron chi connectivity index (χ2n) is 6.77. The molecule has 0 saturated carbocycles. The van der Waals surface area contributed by atoms with Gasteiger partial charge in [0.25, 0.3) is 0 Å². The predicted octanol–water partition coefficient (Wildman–Crippen LogP) is 3.63. The van der Waals surface area contributed by atoms with Crippen molar-refractivity contribution >= 4 is 32.3 Å². The molecule has 0 amide bonds. The highest BCUT2D eigenvalue weighted by Crippen LogP contribution is 2.28. The van der Waals surface area contributed by atoms with Gasteiger partial charge in [0.05, 0.1) is 12.8 Å². The first-order valence-corrected chi connectivity index (χ1v) is 11.5. The molecule has 0 radical (unpaired) electrons. The number of sulfonamides is 1. The largest absolute Gasteiger partial charge is 0.460 e. The first-order chi connectivity index (χ1) is 12.5. The van der Waals surface area contributed by atoms with E-state index in [0.29, 0.717) is 19.6 Å². The minimum Gasteiger partial charge on any atom is -0.460 e. The van der Waals surface area contributed by atoms with E-state index in [1.54, 1.807) is 15.6 Å². The van der Waals surface area contributed by atoms with Crippen molar-refractivity contribution in [1.29, 1.82) is 0 Å². The van der Waals surface area contributed by atoms with Gasteiger partial charge in [0.15, 0.2) is 0 Å². The van der Waals surface area contributed by atoms with E-state index in [4.69, 9.17) is 4.42 Å². The maximum absolute atomic E-state index is 11.7. The average molecular weight is 391 g/mol. The van der Waals surface area contributed by atoms with Crippen LogP contribution in [0.1, 0.15) is 12.2 Å². The van der Waals surface area contributed by atoms with E-state index in [-0.39, 0.29) is 0 Å². The van der Waals surface area contributed by atoms with E-state index >= 15 is 0 Å². The first kappa shape index (κ1) is 17.7. The van der Waals surface area contributed by atoms with E-state index in [9.17, 15) is 8.42 Å². The van der Waals surface area contributed by atoms with Crippen LogP contribution in [0.15, 0.2) is 45.5 Å². The summed E-state index contributed by atoms with van der Waals surface area (Å²) in [5.41, 5.74) is 3.32. The van der Waals surface area contributed by atoms with Crippen molar-refractivity contribution < 1.29 is 12.8 Å². The SMILES string of the molecule is CS(=O)(=O)N1CCCN(Cc2cc3cc(-c4ccsc4)ccc3o2)CC1. The molecule has 0 aliphatic carbocycles. The number of fused-ring (bicyclic) bond motifs is 1. The van der Waals surface area contributed by atoms with Crippen LogP contribution in [-0.2, 0) is 16.6 Å². The van der Waals surface area contributed by atoms with Gasteiger partial charge in [-0.3, -0.25) is 4.90 Å². The van der Waals surface area contributed by atoms with Crippen molar-refractivity contribution in [3.8, 4) is 11.1 Å². The monoisotopic (exact) mass is 390 g/mol. The minimum absolute atomic E-state index is 0.543. The van der Waals surface area contributed by atoms with E-state index in [1.807, 2.05) is 6.07 Å². The standard InChI is InChI=1S/C19H22N2O3S2/c1-26(22,23)21-7-2-6-20(8-9-21)13-18-12-17-11-15(3-4-19(17)24-18)16-5-10-25-14-16/h3-5,10-12,14H,2,6-9,13H2,1H3. The summed E-state index contributed by atoms with van der Waals surface area (Å²) in [5, 5.41) is 5.34. The molecule has 1 fully saturated rings. The highest BCUT2D eigenvalue weighted by molar-refractivity contribution is 7.88. The smallest absolute Gasteiger partial charge is 0.211 e. The second-order valence-corrected chi connectivity index (χ2v) is 9.53. The van der Waals surface area contributed by atoms with Crippen molar-refractivity contribution in [2.75, 3.05) is 32.4 Å². The van der Waals surface area contributed by atoms with Gasteiger partial charge in [0.1, 0.15) is 11.3 Å². The summed E-state index contributed by atoms with van der Waals surface area (Å²) in [6.45, 7) is 3.45. The summed E-state index contributed by atoms with van der Waals surface area (Å²) >= 11 is 1.70. The third-order valence-electron chi connectivity index (χ3n) is 4.82. The Hall–Kier alpha value is -1.67. The highest BCUT2D eigenvalue weighted by atomic mass is 32.2. The van der Waals surface area contributed by atoms with Crippen molar-refractivity contribution in [2.45, 2.75) is 13.0 Å². The Balaban J connectivity index is 1.49. The Bertz CT molecular complexity index is 993. The zero-order valence-corrected chi connectivity index (χ0v) is 16.4. The molecular formula is C19H22N2O3S2. The third-order valence-corrected chi connectivity index (χ3v) is 6.80. The average Bonchev–Trinajstić information content (AvgIpc) is 3.18. The molecule has 26 heavy (non-hydrogen) atoms. The zero-order valence-electron chi connectivity index (χ0n) is 14.7. The van der Waals surface area contributed by atoms with Gasteiger partial charge in [-0.15, -0.1) is 0 Å². The van der Waals surface area contributed by atoms with Crippen LogP contribution in [0.5, 0.6) is 0 Å². The first-order valence-electron chi connectivity index (χ1n) is 8.71. The lowest BCUT2D eigenvalue weighted by molar-refractivity contribution is 0.258. The molecule has 2 aromatic heterocycles. The zero-order chi connectivity index (χ0) is 18.1. The number of furan rings is 1. The lowest BCUT2D eigenvalue weighted by Crippen LogP contribution is -2.34. The maximum Gasteiger partial charge on any atom is 0.211 e. The number of hydrogen-bond acceptors (Lipinski definition) is 5. The lowest BCUT2D eigenvalue weighted by Gasteiger charge is -2.19. The molecule has 7 heteroatoms. The molecule has 1 aromatic carbocycles. The summed E-state index contributed by atoms with van der Waals surface area (Å²) in [6, 6.07) is 10.5. The van der Waals surface area contributed by atoms with E-state index in [0.717, 1.165) is 36.2 Å². The topological polar surface area (TPSA) is 53.8 Å². The van der Waals surface area contributed by atoms with Crippen LogP contribution in [0.4, 0.5) is 0 Å². The van der Waals surface area contributed by atoms with Crippen LogP contribution in [0.25, 0.3) is 22.1 Å². The summed E-state index contributed by atoms with van der Waals surface area (Å²) < 4.78 is 31.1. The molecule has 4 rings (SSSR count). The Kier molecular flexibility index (Phi) is 4.88. The van der Waals surface area contributed by atoms with E-state index in [1.165, 1.54) is 17.4 Å². The lowest BCUT2D eigenvalue weighted by atomic mass is 10.1. The molecule has 0 unspecified atom stereocenters. The fourth-order valence-electron chi connectivity index (χ4n) is 3.44. The normalized spacial score (nSPS) is 17.6. The number of hydrogen-bond donors (Lipinski definition) is 0. The molecule has 0 N–H and O–H groups in total. The summed E-state index contributed by atoms with van der Waals surface area (Å²) in [7, 11) is -3.11. The van der Waals surface area contributed by atoms with Gasteiger partial charge in [-0.1, -0.05) is 6.07 Å². The van der Waals surface area contributed by atoms with Gasteiger partial charge in [-0.25, -0.2) is 12.7 Å². The summed E-state index contributed by atoms with van der Waals surface area (Å²) in [5.74, 6) is 0.926. The fourth-order valence-corrected chi connectivity index (χ4v) is 4.98. The Labute approximate surface area is 157 Å². The van der Waals surface area contributed by atoms with Crippen LogP contribution in [0, 0.1) is 0 Å². The molecule has 3 heterocycles. The molecule has 3 aromatic rings. The molecular weight excluding hydrogens is 368 g/mol. The second kappa shape index (κ2) is 7.15. The number of thiophene rings is 1. The Morgan fingerprint density at radius 1 is 1.08 bits per heavy atom. The van der Waals surface area contributed by atoms with Crippen LogP contribution in [0.3, 0.4) is 0 Å². The Morgan fingerprint density at radius 3 is 2.73 bits per heavy atom. The van der Waals surface area contributed by atoms with Crippen molar-refractivity contribution in [3.63, 3.8) is 0 Å². The summed E-state index contributed by atoms with van der Waals surface area (Å²) in [6.07, 6.45) is 2.13. The van der Waals surface area contributed by atoms with Crippen LogP contribution in [0.2, 0.25) is 0 Å².